The lowest BCUT2D eigenvalue weighted by Crippen LogP contribution is -2.41. The summed E-state index contributed by atoms with van der Waals surface area (Å²) in [6.07, 6.45) is 6.96. The molecule has 0 unspecified atom stereocenters. The maximum Gasteiger partial charge on any atom is 0.226 e. The number of rotatable bonds is 5. The first kappa shape index (κ1) is 19.8. The fourth-order valence-corrected chi connectivity index (χ4v) is 3.20. The lowest BCUT2D eigenvalue weighted by molar-refractivity contribution is 0.334. The van der Waals surface area contributed by atoms with Gasteiger partial charge in [-0.2, -0.15) is 0 Å². The standard InChI is InChI=1S/C19H26N4O.HI/c1-19(10-6-7-11-19)14-22-18(20-2)21-12-16-13-24-17(23-16)15-8-4-3-5-9-15;/h3-5,8-9,13H,6-7,10-12,14H2,1-2H3,(H2,20,21,22);1H. The van der Waals surface area contributed by atoms with Gasteiger partial charge in [0.1, 0.15) is 6.26 Å². The highest BCUT2D eigenvalue weighted by Gasteiger charge is 2.28. The molecule has 0 atom stereocenters. The minimum atomic E-state index is 0. The van der Waals surface area contributed by atoms with E-state index < -0.39 is 0 Å². The summed E-state index contributed by atoms with van der Waals surface area (Å²) in [5.41, 5.74) is 2.25. The minimum Gasteiger partial charge on any atom is -0.444 e. The van der Waals surface area contributed by atoms with Crippen molar-refractivity contribution in [3.05, 3.63) is 42.3 Å². The molecular formula is C19H27IN4O. The van der Waals surface area contributed by atoms with Crippen LogP contribution in [0.5, 0.6) is 0 Å². The first-order chi connectivity index (χ1) is 11.7. The molecule has 0 bridgehead atoms. The van der Waals surface area contributed by atoms with Gasteiger partial charge in [-0.25, -0.2) is 4.98 Å². The average molecular weight is 454 g/mol. The number of halogens is 1. The van der Waals surface area contributed by atoms with E-state index in [2.05, 4.69) is 27.5 Å². The van der Waals surface area contributed by atoms with E-state index in [9.17, 15) is 0 Å². The van der Waals surface area contributed by atoms with Gasteiger partial charge in [0.15, 0.2) is 5.96 Å². The fraction of sp³-hybridized carbons (Fsp3) is 0.474. The second kappa shape index (κ2) is 9.22. The van der Waals surface area contributed by atoms with Crippen molar-refractivity contribution in [1.82, 2.24) is 15.6 Å². The van der Waals surface area contributed by atoms with Crippen molar-refractivity contribution in [3.63, 3.8) is 0 Å². The van der Waals surface area contributed by atoms with Gasteiger partial charge in [-0.05, 0) is 30.4 Å². The zero-order valence-electron chi connectivity index (χ0n) is 14.9. The predicted octanol–water partition coefficient (Wildman–Crippen LogP) is 4.20. The van der Waals surface area contributed by atoms with Crippen LogP contribution >= 0.6 is 24.0 Å². The highest BCUT2D eigenvalue weighted by Crippen LogP contribution is 2.36. The number of nitrogens with zero attached hydrogens (tertiary/aromatic N) is 2. The van der Waals surface area contributed by atoms with Gasteiger partial charge in [0.25, 0.3) is 0 Å². The minimum absolute atomic E-state index is 0. The molecule has 1 aliphatic rings. The van der Waals surface area contributed by atoms with Crippen LogP contribution in [0.4, 0.5) is 0 Å². The Labute approximate surface area is 166 Å². The average Bonchev–Trinajstić information content (AvgIpc) is 3.26. The number of aliphatic imine (C=N–C) groups is 1. The summed E-state index contributed by atoms with van der Waals surface area (Å²) in [5, 5.41) is 6.75. The largest absolute Gasteiger partial charge is 0.444 e. The van der Waals surface area contributed by atoms with Crippen molar-refractivity contribution in [3.8, 4) is 11.5 Å². The maximum atomic E-state index is 5.56. The zero-order chi connectivity index (χ0) is 16.8. The number of hydrogen-bond donors (Lipinski definition) is 2. The Morgan fingerprint density at radius 2 is 1.92 bits per heavy atom. The molecule has 0 aliphatic heterocycles. The Bertz CT molecular complexity index is 678. The van der Waals surface area contributed by atoms with Crippen molar-refractivity contribution in [2.75, 3.05) is 13.6 Å². The molecule has 1 saturated carbocycles. The Kier molecular flexibility index (Phi) is 7.28. The quantitative estimate of drug-likeness (QED) is 0.404. The molecule has 2 aromatic rings. The summed E-state index contributed by atoms with van der Waals surface area (Å²) in [6, 6.07) is 9.92. The van der Waals surface area contributed by atoms with Gasteiger partial charge in [0.05, 0.1) is 12.2 Å². The number of nitrogens with one attached hydrogen (secondary N) is 2. The number of guanidine groups is 1. The summed E-state index contributed by atoms with van der Waals surface area (Å²) in [4.78, 5) is 8.82. The second-order valence-electron chi connectivity index (χ2n) is 6.81. The summed E-state index contributed by atoms with van der Waals surface area (Å²) in [7, 11) is 1.80. The molecule has 5 nitrogen and oxygen atoms in total. The smallest absolute Gasteiger partial charge is 0.226 e. The van der Waals surface area contributed by atoms with Crippen molar-refractivity contribution in [2.24, 2.45) is 10.4 Å². The van der Waals surface area contributed by atoms with E-state index >= 15 is 0 Å². The first-order valence-corrected chi connectivity index (χ1v) is 8.63. The van der Waals surface area contributed by atoms with Gasteiger partial charge < -0.3 is 15.1 Å². The van der Waals surface area contributed by atoms with Crippen molar-refractivity contribution in [1.29, 1.82) is 0 Å². The van der Waals surface area contributed by atoms with Gasteiger partial charge >= 0.3 is 0 Å². The Morgan fingerprint density at radius 1 is 1.20 bits per heavy atom. The fourth-order valence-electron chi connectivity index (χ4n) is 3.20. The van der Waals surface area contributed by atoms with Crippen LogP contribution in [0.15, 0.2) is 46.0 Å². The molecule has 1 aromatic heterocycles. The lowest BCUT2D eigenvalue weighted by Gasteiger charge is -2.25. The summed E-state index contributed by atoms with van der Waals surface area (Å²) in [6.45, 7) is 3.90. The van der Waals surface area contributed by atoms with Crippen LogP contribution in [-0.2, 0) is 6.54 Å². The topological polar surface area (TPSA) is 62.5 Å². The molecular weight excluding hydrogens is 427 g/mol. The van der Waals surface area contributed by atoms with Gasteiger partial charge in [0.2, 0.25) is 5.89 Å². The van der Waals surface area contributed by atoms with E-state index in [-0.39, 0.29) is 24.0 Å². The maximum absolute atomic E-state index is 5.56. The van der Waals surface area contributed by atoms with Gasteiger partial charge in [0, 0.05) is 19.2 Å². The summed E-state index contributed by atoms with van der Waals surface area (Å²) < 4.78 is 5.56. The molecule has 1 heterocycles. The van der Waals surface area contributed by atoms with Crippen LogP contribution in [0.3, 0.4) is 0 Å². The van der Waals surface area contributed by atoms with Gasteiger partial charge in [-0.1, -0.05) is 38.0 Å². The number of hydrogen-bond acceptors (Lipinski definition) is 3. The lowest BCUT2D eigenvalue weighted by atomic mass is 9.89. The zero-order valence-corrected chi connectivity index (χ0v) is 17.2. The number of benzene rings is 1. The summed E-state index contributed by atoms with van der Waals surface area (Å²) in [5.74, 6) is 1.46. The van der Waals surface area contributed by atoms with Crippen molar-refractivity contribution < 1.29 is 4.42 Å². The molecule has 0 saturated heterocycles. The Balaban J connectivity index is 0.00000225. The third kappa shape index (κ3) is 5.45. The molecule has 0 spiro atoms. The molecule has 3 rings (SSSR count). The Morgan fingerprint density at radius 3 is 2.60 bits per heavy atom. The van der Waals surface area contributed by atoms with Gasteiger partial charge in [-0.3, -0.25) is 4.99 Å². The molecule has 6 heteroatoms. The molecule has 1 fully saturated rings. The Hall–Kier alpha value is -1.57. The van der Waals surface area contributed by atoms with Crippen molar-refractivity contribution >= 4 is 29.9 Å². The van der Waals surface area contributed by atoms with Crippen molar-refractivity contribution in [2.45, 2.75) is 39.2 Å². The third-order valence-electron chi connectivity index (χ3n) is 4.73. The van der Waals surface area contributed by atoms with E-state index in [0.29, 0.717) is 17.9 Å². The monoisotopic (exact) mass is 454 g/mol. The molecule has 2 N–H and O–H groups in total. The van der Waals surface area contributed by atoms with Crippen LogP contribution in [0.2, 0.25) is 0 Å². The van der Waals surface area contributed by atoms with Crippen LogP contribution in [0, 0.1) is 5.41 Å². The molecule has 1 aromatic carbocycles. The van der Waals surface area contributed by atoms with Gasteiger partial charge in [-0.15, -0.1) is 24.0 Å². The molecule has 1 aliphatic carbocycles. The van der Waals surface area contributed by atoms with E-state index in [4.69, 9.17) is 4.42 Å². The van der Waals surface area contributed by atoms with Crippen LogP contribution in [0.1, 0.15) is 38.3 Å². The van der Waals surface area contributed by atoms with E-state index in [1.165, 1.54) is 25.7 Å². The molecule has 136 valence electrons. The highest BCUT2D eigenvalue weighted by atomic mass is 127. The first-order valence-electron chi connectivity index (χ1n) is 8.63. The van der Waals surface area contributed by atoms with Crippen LogP contribution < -0.4 is 10.6 Å². The molecule has 0 amide bonds. The number of oxazole rings is 1. The van der Waals surface area contributed by atoms with E-state index in [1.54, 1.807) is 13.3 Å². The highest BCUT2D eigenvalue weighted by molar-refractivity contribution is 14.0. The normalized spacial score (nSPS) is 16.3. The van der Waals surface area contributed by atoms with Crippen LogP contribution in [-0.4, -0.2) is 24.5 Å². The second-order valence-corrected chi connectivity index (χ2v) is 6.81. The van der Waals surface area contributed by atoms with E-state index in [0.717, 1.165) is 23.8 Å². The number of aromatic nitrogens is 1. The SMILES string of the molecule is CN=C(NCc1coc(-c2ccccc2)n1)NCC1(C)CCCC1.I. The molecule has 25 heavy (non-hydrogen) atoms. The van der Waals surface area contributed by atoms with E-state index in [1.807, 2.05) is 30.3 Å². The predicted molar refractivity (Wildman–Crippen MR) is 112 cm³/mol. The van der Waals surface area contributed by atoms with Crippen LogP contribution in [0.25, 0.3) is 11.5 Å². The third-order valence-corrected chi connectivity index (χ3v) is 4.73. The summed E-state index contributed by atoms with van der Waals surface area (Å²) >= 11 is 0. The molecule has 0 radical (unpaired) electrons.